The molecule has 0 aliphatic rings. The van der Waals surface area contributed by atoms with Gasteiger partial charge in [0.2, 0.25) is 0 Å². The molecule has 0 fully saturated rings. The second kappa shape index (κ2) is 9.06. The molecule has 172 valence electrons. The van der Waals surface area contributed by atoms with Gasteiger partial charge in [-0.3, -0.25) is 9.36 Å². The summed E-state index contributed by atoms with van der Waals surface area (Å²) >= 11 is 1.34. The fraction of sp³-hybridized carbons (Fsp3) is 0.167. The molecule has 0 atom stereocenters. The Morgan fingerprint density at radius 2 is 1.94 bits per heavy atom. The molecule has 0 aliphatic carbocycles. The van der Waals surface area contributed by atoms with Crippen LogP contribution < -0.4 is 5.56 Å². The van der Waals surface area contributed by atoms with Gasteiger partial charge in [0.1, 0.15) is 11.5 Å². The number of esters is 1. The fourth-order valence-corrected chi connectivity index (χ4v) is 4.45. The Bertz CT molecular complexity index is 1520. The first-order valence-electron chi connectivity index (χ1n) is 10.3. The van der Waals surface area contributed by atoms with Gasteiger partial charge in [0.25, 0.3) is 11.4 Å². The maximum absolute atomic E-state index is 13.4. The standard InChI is InChI=1S/C24H19N3O6S/c1-14-19(25-21(33-14)20-6-4-10-32-20)13-34-24-26-18-11-15(23(29)30-2)7-8-17(18)22(28)27(24)12-16-5-3-9-31-16/h3-11H,12-13H2,1-2H3. The Hall–Kier alpha value is -4.05. The zero-order valence-corrected chi connectivity index (χ0v) is 19.1. The number of hydrogen-bond acceptors (Lipinski definition) is 9. The van der Waals surface area contributed by atoms with Crippen LogP contribution in [-0.2, 0) is 17.0 Å². The van der Waals surface area contributed by atoms with E-state index >= 15 is 0 Å². The van der Waals surface area contributed by atoms with Crippen LogP contribution >= 0.6 is 11.8 Å². The second-order valence-corrected chi connectivity index (χ2v) is 8.32. The smallest absolute Gasteiger partial charge is 0.337 e. The Morgan fingerprint density at radius 3 is 2.68 bits per heavy atom. The summed E-state index contributed by atoms with van der Waals surface area (Å²) in [6, 6.07) is 11.8. The Morgan fingerprint density at radius 1 is 1.12 bits per heavy atom. The minimum absolute atomic E-state index is 0.214. The predicted octanol–water partition coefficient (Wildman–Crippen LogP) is 4.67. The van der Waals surface area contributed by atoms with E-state index in [1.165, 1.54) is 18.9 Å². The summed E-state index contributed by atoms with van der Waals surface area (Å²) in [6.45, 7) is 2.03. The van der Waals surface area contributed by atoms with E-state index in [9.17, 15) is 9.59 Å². The third kappa shape index (κ3) is 4.15. The van der Waals surface area contributed by atoms with Gasteiger partial charge in [0.15, 0.2) is 10.9 Å². The number of ether oxygens (including phenoxy) is 1. The highest BCUT2D eigenvalue weighted by atomic mass is 32.2. The van der Waals surface area contributed by atoms with Gasteiger partial charge in [-0.15, -0.1) is 0 Å². The summed E-state index contributed by atoms with van der Waals surface area (Å²) in [5.41, 5.74) is 1.18. The van der Waals surface area contributed by atoms with E-state index in [0.29, 0.717) is 56.2 Å². The van der Waals surface area contributed by atoms with Gasteiger partial charge < -0.3 is 18.0 Å². The zero-order valence-electron chi connectivity index (χ0n) is 18.3. The summed E-state index contributed by atoms with van der Waals surface area (Å²) < 4.78 is 22.9. The molecule has 0 saturated heterocycles. The first kappa shape index (κ1) is 21.8. The number of thioether (sulfide) groups is 1. The molecule has 5 rings (SSSR count). The molecule has 0 bridgehead atoms. The van der Waals surface area contributed by atoms with Crippen LogP contribution in [0.1, 0.15) is 27.6 Å². The van der Waals surface area contributed by atoms with E-state index in [-0.39, 0.29) is 12.1 Å². The molecule has 5 aromatic rings. The molecule has 9 nitrogen and oxygen atoms in total. The van der Waals surface area contributed by atoms with Crippen molar-refractivity contribution in [1.82, 2.24) is 14.5 Å². The number of methoxy groups -OCH3 is 1. The largest absolute Gasteiger partial charge is 0.467 e. The highest BCUT2D eigenvalue weighted by Crippen LogP contribution is 2.28. The average Bonchev–Trinajstić information content (AvgIpc) is 3.61. The molecule has 0 N–H and O–H groups in total. The molecule has 0 aliphatic heterocycles. The number of rotatable bonds is 7. The summed E-state index contributed by atoms with van der Waals surface area (Å²) in [5.74, 6) is 2.10. The number of oxazole rings is 1. The van der Waals surface area contributed by atoms with Crippen molar-refractivity contribution in [1.29, 1.82) is 0 Å². The van der Waals surface area contributed by atoms with E-state index in [1.807, 2.05) is 6.92 Å². The number of benzene rings is 1. The number of nitrogens with zero attached hydrogens (tertiary/aromatic N) is 3. The van der Waals surface area contributed by atoms with Crippen LogP contribution in [-0.4, -0.2) is 27.6 Å². The van der Waals surface area contributed by atoms with Crippen LogP contribution in [0.3, 0.4) is 0 Å². The highest BCUT2D eigenvalue weighted by molar-refractivity contribution is 7.98. The lowest BCUT2D eigenvalue weighted by Gasteiger charge is -2.12. The van der Waals surface area contributed by atoms with Crippen molar-refractivity contribution >= 4 is 28.6 Å². The molecule has 4 heterocycles. The van der Waals surface area contributed by atoms with Crippen LogP contribution in [0.25, 0.3) is 22.6 Å². The number of carbonyl (C=O) groups is 1. The summed E-state index contributed by atoms with van der Waals surface area (Å²) in [7, 11) is 1.31. The molecular weight excluding hydrogens is 458 g/mol. The third-order valence-corrected chi connectivity index (χ3v) is 6.19. The van der Waals surface area contributed by atoms with Gasteiger partial charge in [-0.2, -0.15) is 0 Å². The average molecular weight is 477 g/mol. The van der Waals surface area contributed by atoms with Crippen molar-refractivity contribution in [3.8, 4) is 11.7 Å². The van der Waals surface area contributed by atoms with Crippen molar-refractivity contribution in [2.24, 2.45) is 0 Å². The van der Waals surface area contributed by atoms with E-state index in [1.54, 1.807) is 59.6 Å². The molecule has 0 unspecified atom stereocenters. The topological polar surface area (TPSA) is 114 Å². The molecule has 0 saturated carbocycles. The van der Waals surface area contributed by atoms with Gasteiger partial charge in [-0.05, 0) is 49.4 Å². The fourth-order valence-electron chi connectivity index (χ4n) is 3.45. The lowest BCUT2D eigenvalue weighted by Crippen LogP contribution is -2.24. The number of aryl methyl sites for hydroxylation is 1. The quantitative estimate of drug-likeness (QED) is 0.187. The number of aromatic nitrogens is 3. The summed E-state index contributed by atoms with van der Waals surface area (Å²) in [5, 5.41) is 0.846. The van der Waals surface area contributed by atoms with E-state index in [4.69, 9.17) is 23.0 Å². The zero-order chi connectivity index (χ0) is 23.7. The number of furan rings is 2. The molecular formula is C24H19N3O6S. The lowest BCUT2D eigenvalue weighted by atomic mass is 10.1. The van der Waals surface area contributed by atoms with Crippen LogP contribution in [0.4, 0.5) is 0 Å². The predicted molar refractivity (Wildman–Crippen MR) is 124 cm³/mol. The number of fused-ring (bicyclic) bond motifs is 1. The Labute approximate surface area is 197 Å². The van der Waals surface area contributed by atoms with Gasteiger partial charge in [-0.1, -0.05) is 11.8 Å². The molecule has 0 radical (unpaired) electrons. The molecule has 0 spiro atoms. The molecule has 4 aromatic heterocycles. The monoisotopic (exact) mass is 477 g/mol. The first-order chi connectivity index (χ1) is 16.5. The number of carbonyl (C=O) groups excluding carboxylic acids is 1. The highest BCUT2D eigenvalue weighted by Gasteiger charge is 2.18. The Balaban J connectivity index is 1.53. The van der Waals surface area contributed by atoms with Gasteiger partial charge in [-0.25, -0.2) is 14.8 Å². The van der Waals surface area contributed by atoms with Crippen molar-refractivity contribution in [2.75, 3.05) is 7.11 Å². The van der Waals surface area contributed by atoms with Crippen molar-refractivity contribution in [2.45, 2.75) is 24.4 Å². The molecule has 34 heavy (non-hydrogen) atoms. The minimum atomic E-state index is -0.499. The molecule has 1 aromatic carbocycles. The molecule has 0 amide bonds. The SMILES string of the molecule is COC(=O)c1ccc2c(=O)n(Cc3ccco3)c(SCc3nc(-c4ccco4)oc3C)nc2c1. The van der Waals surface area contributed by atoms with Gasteiger partial charge in [0.05, 0.1) is 48.3 Å². The number of hydrogen-bond donors (Lipinski definition) is 0. The van der Waals surface area contributed by atoms with Gasteiger partial charge >= 0.3 is 5.97 Å². The van der Waals surface area contributed by atoms with Gasteiger partial charge in [0, 0.05) is 5.75 Å². The first-order valence-corrected chi connectivity index (χ1v) is 11.3. The van der Waals surface area contributed by atoms with Crippen molar-refractivity contribution in [3.05, 3.63) is 88.1 Å². The van der Waals surface area contributed by atoms with Crippen LogP contribution in [0.15, 0.2) is 78.2 Å². The molecule has 10 heteroatoms. The maximum atomic E-state index is 13.4. The summed E-state index contributed by atoms with van der Waals surface area (Å²) in [6.07, 6.45) is 3.11. The maximum Gasteiger partial charge on any atom is 0.337 e. The third-order valence-electron chi connectivity index (χ3n) is 5.20. The Kier molecular flexibility index (Phi) is 5.81. The van der Waals surface area contributed by atoms with Crippen molar-refractivity contribution in [3.63, 3.8) is 0 Å². The minimum Gasteiger partial charge on any atom is -0.467 e. The normalized spacial score (nSPS) is 11.2. The van der Waals surface area contributed by atoms with E-state index in [0.717, 1.165) is 0 Å². The van der Waals surface area contributed by atoms with Crippen LogP contribution in [0.5, 0.6) is 0 Å². The van der Waals surface area contributed by atoms with E-state index in [2.05, 4.69) is 4.98 Å². The van der Waals surface area contributed by atoms with Crippen molar-refractivity contribution < 1.29 is 22.8 Å². The summed E-state index contributed by atoms with van der Waals surface area (Å²) in [4.78, 5) is 34.6. The van der Waals surface area contributed by atoms with E-state index < -0.39 is 5.97 Å². The second-order valence-electron chi connectivity index (χ2n) is 7.38. The lowest BCUT2D eigenvalue weighted by molar-refractivity contribution is 0.0601. The van der Waals surface area contributed by atoms with Crippen LogP contribution in [0.2, 0.25) is 0 Å². The van der Waals surface area contributed by atoms with Crippen LogP contribution in [0, 0.1) is 6.92 Å².